The summed E-state index contributed by atoms with van der Waals surface area (Å²) in [4.78, 5) is 15.9. The molecule has 2 aromatic rings. The van der Waals surface area contributed by atoms with Crippen LogP contribution >= 0.6 is 0 Å². The molecular formula is C19H26N3O3+. The number of likely N-dealkylation sites (N-methyl/N-ethyl adjacent to an activating group) is 1. The molecule has 2 N–H and O–H groups in total. The van der Waals surface area contributed by atoms with E-state index in [4.69, 9.17) is 4.74 Å². The summed E-state index contributed by atoms with van der Waals surface area (Å²) in [5, 5.41) is 11.8. The predicted molar refractivity (Wildman–Crippen MR) is 95.0 cm³/mol. The smallest absolute Gasteiger partial charge is 0.270 e. The molecule has 0 aliphatic carbocycles. The first kappa shape index (κ1) is 16.6. The van der Waals surface area contributed by atoms with Gasteiger partial charge in [-0.2, -0.15) is 0 Å². The van der Waals surface area contributed by atoms with E-state index in [1.807, 2.05) is 23.7 Å². The molecule has 2 aliphatic rings. The van der Waals surface area contributed by atoms with E-state index in [2.05, 4.69) is 12.1 Å². The fraction of sp³-hybridized carbons (Fsp3) is 0.526. The second-order valence-corrected chi connectivity index (χ2v) is 7.15. The molecule has 3 heterocycles. The minimum Gasteiger partial charge on any atom is -0.385 e. The zero-order chi connectivity index (χ0) is 17.4. The number of benzene rings is 1. The van der Waals surface area contributed by atoms with Crippen molar-refractivity contribution >= 4 is 16.8 Å². The first-order valence-electron chi connectivity index (χ1n) is 9.10. The van der Waals surface area contributed by atoms with Gasteiger partial charge in [0.2, 0.25) is 0 Å². The monoisotopic (exact) mass is 344 g/mol. The Balaban J connectivity index is 1.65. The van der Waals surface area contributed by atoms with Gasteiger partial charge in [0.05, 0.1) is 19.8 Å². The van der Waals surface area contributed by atoms with Crippen LogP contribution in [0.4, 0.5) is 0 Å². The lowest BCUT2D eigenvalue weighted by Gasteiger charge is -2.27. The minimum absolute atomic E-state index is 0.0587. The van der Waals surface area contributed by atoms with Crippen molar-refractivity contribution in [3.8, 4) is 0 Å². The number of amides is 1. The van der Waals surface area contributed by atoms with Gasteiger partial charge in [-0.05, 0) is 18.1 Å². The standard InChI is InChI=1S/C19H25N3O3/c1-20-7-6-16-15-4-2-3-5-17(15)22(18(16)19(20)24)13-14(23)12-21-8-10-25-11-9-21/h2-5,14,23H,6-13H2,1H3/p+1. The summed E-state index contributed by atoms with van der Waals surface area (Å²) < 4.78 is 7.42. The Hall–Kier alpha value is -1.89. The summed E-state index contributed by atoms with van der Waals surface area (Å²) in [5.41, 5.74) is 2.93. The number of aliphatic hydroxyl groups is 1. The molecule has 1 aromatic carbocycles. The van der Waals surface area contributed by atoms with Gasteiger partial charge in [-0.1, -0.05) is 18.2 Å². The number of carbonyl (C=O) groups excluding carboxylic acids is 1. The van der Waals surface area contributed by atoms with Gasteiger partial charge < -0.3 is 24.2 Å². The summed E-state index contributed by atoms with van der Waals surface area (Å²) >= 11 is 0. The number of aliphatic hydroxyl groups excluding tert-OH is 1. The maximum Gasteiger partial charge on any atom is 0.270 e. The molecule has 0 bridgehead atoms. The Morgan fingerprint density at radius 2 is 2.04 bits per heavy atom. The van der Waals surface area contributed by atoms with Crippen LogP contribution in [0.5, 0.6) is 0 Å². The van der Waals surface area contributed by atoms with E-state index in [1.54, 1.807) is 4.90 Å². The maximum atomic E-state index is 12.8. The molecule has 0 spiro atoms. The molecule has 0 saturated carbocycles. The number of para-hydroxylation sites is 1. The third-order valence-electron chi connectivity index (χ3n) is 5.44. The average Bonchev–Trinajstić information content (AvgIpc) is 2.93. The lowest BCUT2D eigenvalue weighted by molar-refractivity contribution is -0.911. The van der Waals surface area contributed by atoms with Gasteiger partial charge in [-0.25, -0.2) is 0 Å². The van der Waals surface area contributed by atoms with Crippen LogP contribution in [0.2, 0.25) is 0 Å². The van der Waals surface area contributed by atoms with E-state index in [0.29, 0.717) is 13.1 Å². The quantitative estimate of drug-likeness (QED) is 0.790. The number of nitrogens with zero attached hydrogens (tertiary/aromatic N) is 2. The van der Waals surface area contributed by atoms with E-state index in [-0.39, 0.29) is 5.91 Å². The lowest BCUT2D eigenvalue weighted by atomic mass is 10.0. The normalized spacial score (nSPS) is 20.1. The van der Waals surface area contributed by atoms with Crippen molar-refractivity contribution in [1.82, 2.24) is 9.47 Å². The highest BCUT2D eigenvalue weighted by Gasteiger charge is 2.30. The van der Waals surface area contributed by atoms with E-state index in [0.717, 1.165) is 61.4 Å². The average molecular weight is 344 g/mol. The molecule has 134 valence electrons. The number of nitrogens with one attached hydrogen (secondary N) is 1. The summed E-state index contributed by atoms with van der Waals surface area (Å²) in [6, 6.07) is 8.15. The number of carbonyl (C=O) groups is 1. The van der Waals surface area contributed by atoms with Crippen molar-refractivity contribution < 1.29 is 19.5 Å². The zero-order valence-electron chi connectivity index (χ0n) is 14.7. The van der Waals surface area contributed by atoms with Crippen LogP contribution in [0.15, 0.2) is 24.3 Å². The number of quaternary nitrogens is 1. The summed E-state index contributed by atoms with van der Waals surface area (Å²) in [6.07, 6.45) is 0.392. The number of morpholine rings is 1. The topological polar surface area (TPSA) is 59.1 Å². The molecule has 1 aromatic heterocycles. The van der Waals surface area contributed by atoms with E-state index in [1.165, 1.54) is 4.90 Å². The molecule has 1 amide bonds. The highest BCUT2D eigenvalue weighted by atomic mass is 16.5. The molecule has 6 nitrogen and oxygen atoms in total. The second kappa shape index (κ2) is 6.78. The molecule has 0 radical (unpaired) electrons. The number of aromatic nitrogens is 1. The Morgan fingerprint density at radius 3 is 2.84 bits per heavy atom. The van der Waals surface area contributed by atoms with Crippen molar-refractivity contribution in [1.29, 1.82) is 0 Å². The third kappa shape index (κ3) is 3.05. The van der Waals surface area contributed by atoms with Crippen LogP contribution < -0.4 is 4.90 Å². The Labute approximate surface area is 147 Å². The molecule has 6 heteroatoms. The minimum atomic E-state index is -0.479. The molecule has 1 unspecified atom stereocenters. The Morgan fingerprint density at radius 1 is 1.28 bits per heavy atom. The molecule has 2 aliphatic heterocycles. The largest absolute Gasteiger partial charge is 0.385 e. The van der Waals surface area contributed by atoms with Crippen molar-refractivity contribution in [3.05, 3.63) is 35.5 Å². The van der Waals surface area contributed by atoms with Gasteiger partial charge in [0.1, 0.15) is 31.4 Å². The van der Waals surface area contributed by atoms with Crippen LogP contribution in [0, 0.1) is 0 Å². The van der Waals surface area contributed by atoms with Crippen molar-refractivity contribution in [2.75, 3.05) is 46.4 Å². The highest BCUT2D eigenvalue weighted by molar-refractivity contribution is 6.02. The van der Waals surface area contributed by atoms with Gasteiger partial charge in [-0.15, -0.1) is 0 Å². The lowest BCUT2D eigenvalue weighted by Crippen LogP contribution is -3.15. The van der Waals surface area contributed by atoms with E-state index in [9.17, 15) is 9.90 Å². The zero-order valence-corrected chi connectivity index (χ0v) is 14.7. The van der Waals surface area contributed by atoms with Gasteiger partial charge in [-0.3, -0.25) is 4.79 Å². The summed E-state index contributed by atoms with van der Waals surface area (Å²) in [7, 11) is 1.85. The fourth-order valence-electron chi connectivity index (χ4n) is 4.10. The molecule has 1 fully saturated rings. The molecule has 1 saturated heterocycles. The van der Waals surface area contributed by atoms with Gasteiger partial charge in [0.25, 0.3) is 5.91 Å². The summed E-state index contributed by atoms with van der Waals surface area (Å²) in [5.74, 6) is 0.0587. The number of rotatable bonds is 4. The van der Waals surface area contributed by atoms with Crippen LogP contribution in [0.1, 0.15) is 16.1 Å². The van der Waals surface area contributed by atoms with Gasteiger partial charge >= 0.3 is 0 Å². The van der Waals surface area contributed by atoms with Crippen molar-refractivity contribution in [2.45, 2.75) is 19.1 Å². The van der Waals surface area contributed by atoms with Crippen LogP contribution in [-0.4, -0.2) is 73.0 Å². The SMILES string of the molecule is CN1CCc2c(n(CC(O)C[NH+]3CCOCC3)c3ccccc23)C1=O. The molecular weight excluding hydrogens is 318 g/mol. The number of ether oxygens (including phenoxy) is 1. The number of fused-ring (bicyclic) bond motifs is 3. The predicted octanol–water partition coefficient (Wildman–Crippen LogP) is -0.455. The Bertz CT molecular complexity index is 780. The number of hydrogen-bond acceptors (Lipinski definition) is 3. The van der Waals surface area contributed by atoms with Crippen LogP contribution in [0.25, 0.3) is 10.9 Å². The van der Waals surface area contributed by atoms with E-state index >= 15 is 0 Å². The van der Waals surface area contributed by atoms with Crippen LogP contribution in [0.3, 0.4) is 0 Å². The fourth-order valence-corrected chi connectivity index (χ4v) is 4.10. The van der Waals surface area contributed by atoms with Gasteiger partial charge in [0, 0.05) is 24.5 Å². The highest BCUT2D eigenvalue weighted by Crippen LogP contribution is 2.30. The second-order valence-electron chi connectivity index (χ2n) is 7.15. The summed E-state index contributed by atoms with van der Waals surface area (Å²) in [6.45, 7) is 5.28. The first-order valence-corrected chi connectivity index (χ1v) is 9.10. The molecule has 4 rings (SSSR count). The maximum absolute atomic E-state index is 12.8. The molecule has 1 atom stereocenters. The van der Waals surface area contributed by atoms with Crippen molar-refractivity contribution in [2.24, 2.45) is 0 Å². The Kier molecular flexibility index (Phi) is 4.50. The van der Waals surface area contributed by atoms with Crippen molar-refractivity contribution in [3.63, 3.8) is 0 Å². The molecule has 25 heavy (non-hydrogen) atoms. The van der Waals surface area contributed by atoms with E-state index < -0.39 is 6.10 Å². The van der Waals surface area contributed by atoms with Crippen LogP contribution in [-0.2, 0) is 17.7 Å². The number of hydrogen-bond donors (Lipinski definition) is 2. The first-order chi connectivity index (χ1) is 12.1. The van der Waals surface area contributed by atoms with Gasteiger partial charge in [0.15, 0.2) is 0 Å². The third-order valence-corrected chi connectivity index (χ3v) is 5.44.